The van der Waals surface area contributed by atoms with Gasteiger partial charge in [-0.2, -0.15) is 0 Å². The third kappa shape index (κ3) is 8.30. The van der Waals surface area contributed by atoms with Gasteiger partial charge in [0.25, 0.3) is 0 Å². The Morgan fingerprint density at radius 3 is 2.48 bits per heavy atom. The van der Waals surface area contributed by atoms with Crippen LogP contribution in [-0.2, 0) is 17.8 Å². The summed E-state index contributed by atoms with van der Waals surface area (Å²) in [6.07, 6.45) is -4.74. The molecule has 0 saturated heterocycles. The molecule has 2 aromatic rings. The van der Waals surface area contributed by atoms with Crippen LogP contribution in [0.1, 0.15) is 11.1 Å². The minimum atomic E-state index is -4.74. The van der Waals surface area contributed by atoms with Crippen LogP contribution in [0, 0.1) is 0 Å². The minimum Gasteiger partial charge on any atom is -0.491 e. The summed E-state index contributed by atoms with van der Waals surface area (Å²) in [7, 11) is 3.19. The first-order valence-corrected chi connectivity index (χ1v) is 8.90. The highest BCUT2D eigenvalue weighted by atomic mass is 19.4. The first kappa shape index (κ1) is 22.4. The van der Waals surface area contributed by atoms with E-state index in [2.05, 4.69) is 20.4 Å². The van der Waals surface area contributed by atoms with E-state index in [1.54, 1.807) is 26.3 Å². The highest BCUT2D eigenvalue weighted by Crippen LogP contribution is 2.26. The quantitative estimate of drug-likeness (QED) is 0.376. The zero-order valence-corrected chi connectivity index (χ0v) is 16.3. The topological polar surface area (TPSA) is 64.1 Å². The normalized spacial score (nSPS) is 11.8. The van der Waals surface area contributed by atoms with E-state index >= 15 is 0 Å². The minimum absolute atomic E-state index is 0.117. The first-order valence-electron chi connectivity index (χ1n) is 8.90. The molecule has 0 aliphatic rings. The highest BCUT2D eigenvalue weighted by molar-refractivity contribution is 5.79. The van der Waals surface area contributed by atoms with Crippen molar-refractivity contribution in [3.05, 3.63) is 59.7 Å². The van der Waals surface area contributed by atoms with Gasteiger partial charge in [0.05, 0.1) is 6.61 Å². The van der Waals surface area contributed by atoms with E-state index in [-0.39, 0.29) is 12.3 Å². The summed E-state index contributed by atoms with van der Waals surface area (Å²) in [4.78, 5) is 4.09. The Labute approximate surface area is 167 Å². The lowest BCUT2D eigenvalue weighted by molar-refractivity contribution is -0.274. The second-order valence-corrected chi connectivity index (χ2v) is 5.92. The maximum Gasteiger partial charge on any atom is 0.573 e. The summed E-state index contributed by atoms with van der Waals surface area (Å²) in [6.45, 7) is 1.53. The largest absolute Gasteiger partial charge is 0.573 e. The second kappa shape index (κ2) is 11.2. The van der Waals surface area contributed by atoms with Crippen molar-refractivity contribution in [2.24, 2.45) is 4.99 Å². The molecule has 0 radical (unpaired) electrons. The summed E-state index contributed by atoms with van der Waals surface area (Å²) >= 11 is 0. The average molecular weight is 411 g/mol. The molecule has 0 aromatic heterocycles. The summed E-state index contributed by atoms with van der Waals surface area (Å²) < 4.78 is 52.2. The number of hydrogen-bond donors (Lipinski definition) is 2. The first-order chi connectivity index (χ1) is 13.9. The Balaban J connectivity index is 1.90. The fraction of sp³-hybridized carbons (Fsp3) is 0.350. The van der Waals surface area contributed by atoms with Crippen LogP contribution in [0.3, 0.4) is 0 Å². The lowest BCUT2D eigenvalue weighted by Gasteiger charge is -2.16. The van der Waals surface area contributed by atoms with Crippen LogP contribution < -0.4 is 20.1 Å². The van der Waals surface area contributed by atoms with Crippen molar-refractivity contribution >= 4 is 5.96 Å². The van der Waals surface area contributed by atoms with Crippen molar-refractivity contribution < 1.29 is 27.4 Å². The number of hydrogen-bond acceptors (Lipinski definition) is 4. The van der Waals surface area contributed by atoms with E-state index in [0.717, 1.165) is 11.3 Å². The standard InChI is InChI=1S/C20H24F3N3O3/c1-24-19(25-13-15-6-5-8-17(12-15)28-11-10-27-2)26-14-16-7-3-4-9-18(16)29-20(21,22)23/h3-9,12H,10-11,13-14H2,1-2H3,(H2,24,25,26). The maximum absolute atomic E-state index is 12.5. The number of guanidine groups is 1. The number of nitrogens with one attached hydrogen (secondary N) is 2. The van der Waals surface area contributed by atoms with E-state index in [1.807, 2.05) is 24.3 Å². The van der Waals surface area contributed by atoms with Gasteiger partial charge in [-0.3, -0.25) is 4.99 Å². The molecule has 6 nitrogen and oxygen atoms in total. The molecule has 29 heavy (non-hydrogen) atoms. The van der Waals surface area contributed by atoms with E-state index < -0.39 is 6.36 Å². The molecule has 0 aliphatic carbocycles. The molecule has 0 aliphatic heterocycles. The number of benzene rings is 2. The molecular weight excluding hydrogens is 387 g/mol. The molecule has 2 aromatic carbocycles. The van der Waals surface area contributed by atoms with E-state index in [4.69, 9.17) is 9.47 Å². The molecular formula is C20H24F3N3O3. The zero-order valence-electron chi connectivity index (χ0n) is 16.3. The number of aliphatic imine (C=N–C) groups is 1. The van der Waals surface area contributed by atoms with Crippen LogP contribution in [-0.4, -0.2) is 39.7 Å². The predicted molar refractivity (Wildman–Crippen MR) is 104 cm³/mol. The molecule has 0 fully saturated rings. The van der Waals surface area contributed by atoms with Gasteiger partial charge in [-0.15, -0.1) is 13.2 Å². The Morgan fingerprint density at radius 2 is 1.76 bits per heavy atom. The van der Waals surface area contributed by atoms with Gasteiger partial charge < -0.3 is 24.8 Å². The number of methoxy groups -OCH3 is 1. The Morgan fingerprint density at radius 1 is 1.00 bits per heavy atom. The third-order valence-corrected chi connectivity index (χ3v) is 3.78. The molecule has 0 unspecified atom stereocenters. The molecule has 2 N–H and O–H groups in total. The molecule has 0 bridgehead atoms. The SMILES string of the molecule is CN=C(NCc1cccc(OCCOC)c1)NCc1ccccc1OC(F)(F)F. The van der Waals surface area contributed by atoms with Gasteiger partial charge in [-0.05, 0) is 23.8 Å². The predicted octanol–water partition coefficient (Wildman–Crippen LogP) is 3.48. The van der Waals surface area contributed by atoms with Gasteiger partial charge in [0, 0.05) is 32.8 Å². The molecule has 0 atom stereocenters. The van der Waals surface area contributed by atoms with Gasteiger partial charge >= 0.3 is 6.36 Å². The van der Waals surface area contributed by atoms with Crippen LogP contribution in [0.15, 0.2) is 53.5 Å². The number of rotatable bonds is 9. The molecule has 0 saturated carbocycles. The van der Waals surface area contributed by atoms with Crippen molar-refractivity contribution in [1.29, 1.82) is 0 Å². The second-order valence-electron chi connectivity index (χ2n) is 5.92. The number of halogens is 3. The van der Waals surface area contributed by atoms with Crippen molar-refractivity contribution in [2.75, 3.05) is 27.4 Å². The monoisotopic (exact) mass is 411 g/mol. The van der Waals surface area contributed by atoms with Crippen molar-refractivity contribution in [3.8, 4) is 11.5 Å². The van der Waals surface area contributed by atoms with Gasteiger partial charge in [-0.1, -0.05) is 30.3 Å². The van der Waals surface area contributed by atoms with E-state index in [9.17, 15) is 13.2 Å². The third-order valence-electron chi connectivity index (χ3n) is 3.78. The fourth-order valence-corrected chi connectivity index (χ4v) is 2.45. The fourth-order valence-electron chi connectivity index (χ4n) is 2.45. The van der Waals surface area contributed by atoms with Crippen LogP contribution in [0.5, 0.6) is 11.5 Å². The summed E-state index contributed by atoms with van der Waals surface area (Å²) in [5.41, 5.74) is 1.32. The molecule has 2 rings (SSSR count). The Bertz CT molecular complexity index is 798. The smallest absolute Gasteiger partial charge is 0.491 e. The van der Waals surface area contributed by atoms with Gasteiger partial charge in [0.2, 0.25) is 0 Å². The van der Waals surface area contributed by atoms with Crippen molar-refractivity contribution in [1.82, 2.24) is 10.6 Å². The van der Waals surface area contributed by atoms with E-state index in [0.29, 0.717) is 31.3 Å². The highest BCUT2D eigenvalue weighted by Gasteiger charge is 2.31. The Kier molecular flexibility index (Phi) is 8.60. The molecule has 0 spiro atoms. The molecule has 0 amide bonds. The van der Waals surface area contributed by atoms with Crippen LogP contribution in [0.25, 0.3) is 0 Å². The Hall–Kier alpha value is -2.94. The summed E-state index contributed by atoms with van der Waals surface area (Å²) in [5, 5.41) is 6.10. The molecule has 9 heteroatoms. The number of nitrogens with zero attached hydrogens (tertiary/aromatic N) is 1. The zero-order chi connectivity index (χ0) is 21.1. The molecule has 0 heterocycles. The maximum atomic E-state index is 12.5. The summed E-state index contributed by atoms with van der Waals surface area (Å²) in [5.74, 6) is 0.920. The number of ether oxygens (including phenoxy) is 3. The summed E-state index contributed by atoms with van der Waals surface area (Å²) in [6, 6.07) is 13.5. The lowest BCUT2D eigenvalue weighted by atomic mass is 10.2. The van der Waals surface area contributed by atoms with Crippen molar-refractivity contribution in [3.63, 3.8) is 0 Å². The molecule has 158 valence electrons. The average Bonchev–Trinajstić information content (AvgIpc) is 2.68. The van der Waals surface area contributed by atoms with E-state index in [1.165, 1.54) is 12.1 Å². The van der Waals surface area contributed by atoms with Crippen LogP contribution in [0.2, 0.25) is 0 Å². The van der Waals surface area contributed by atoms with Gasteiger partial charge in [-0.25, -0.2) is 0 Å². The number of para-hydroxylation sites is 1. The lowest BCUT2D eigenvalue weighted by Crippen LogP contribution is -2.36. The van der Waals surface area contributed by atoms with Crippen LogP contribution >= 0.6 is 0 Å². The van der Waals surface area contributed by atoms with Crippen molar-refractivity contribution in [2.45, 2.75) is 19.5 Å². The van der Waals surface area contributed by atoms with Gasteiger partial charge in [0.15, 0.2) is 5.96 Å². The number of alkyl halides is 3. The van der Waals surface area contributed by atoms with Gasteiger partial charge in [0.1, 0.15) is 18.1 Å². The van der Waals surface area contributed by atoms with Crippen LogP contribution in [0.4, 0.5) is 13.2 Å².